The van der Waals surface area contributed by atoms with Gasteiger partial charge in [-0.3, -0.25) is 5.10 Å². The molecule has 1 aliphatic rings. The van der Waals surface area contributed by atoms with Gasteiger partial charge in [-0.25, -0.2) is 0 Å². The number of nitrogens with zero attached hydrogens (tertiary/aromatic N) is 3. The molecule has 0 amide bonds. The van der Waals surface area contributed by atoms with Crippen molar-refractivity contribution >= 4 is 22.3 Å². The van der Waals surface area contributed by atoms with Gasteiger partial charge < -0.3 is 5.11 Å². The number of fused-ring (bicyclic) bond motifs is 1. The van der Waals surface area contributed by atoms with Crippen LogP contribution in [0.4, 0.5) is 18.9 Å². The molecule has 2 aromatic carbocycles. The van der Waals surface area contributed by atoms with Crippen molar-refractivity contribution in [3.8, 4) is 0 Å². The van der Waals surface area contributed by atoms with Gasteiger partial charge in [0, 0.05) is 22.6 Å². The number of halogens is 3. The standard InChI is InChI=1S/C17H12F3N4O/c18-17(19,20)16(25)10-5-7-11(8-6-10)24-9-14(23-24)15-12-3-1-2-4-13(12)21-22-15/h1-9,16,25H,(H,21,22)/q+1. The number of rotatable bonds is 3. The zero-order valence-corrected chi connectivity index (χ0v) is 12.7. The number of aromatic nitrogens is 2. The monoisotopic (exact) mass is 345 g/mol. The highest BCUT2D eigenvalue weighted by Gasteiger charge is 2.39. The van der Waals surface area contributed by atoms with Crippen LogP contribution in [-0.4, -0.2) is 26.2 Å². The van der Waals surface area contributed by atoms with Crippen LogP contribution in [0.2, 0.25) is 0 Å². The molecular formula is C17H12F3N4O+. The summed E-state index contributed by atoms with van der Waals surface area (Å²) in [5.74, 6) is 0. The molecule has 8 heteroatoms. The number of benzene rings is 2. The molecule has 2 N–H and O–H groups in total. The number of aromatic amines is 1. The lowest BCUT2D eigenvalue weighted by Gasteiger charge is -2.14. The highest BCUT2D eigenvalue weighted by Crippen LogP contribution is 2.35. The largest absolute Gasteiger partial charge is 0.418 e. The molecule has 3 aromatic rings. The van der Waals surface area contributed by atoms with Crippen LogP contribution in [0.3, 0.4) is 0 Å². The molecule has 5 nitrogen and oxygen atoms in total. The van der Waals surface area contributed by atoms with E-state index in [1.165, 1.54) is 24.3 Å². The predicted molar refractivity (Wildman–Crippen MR) is 83.9 cm³/mol. The Labute approximate surface area is 139 Å². The van der Waals surface area contributed by atoms with E-state index in [1.807, 2.05) is 24.3 Å². The van der Waals surface area contributed by atoms with Crippen LogP contribution in [0.25, 0.3) is 16.6 Å². The van der Waals surface area contributed by atoms with E-state index < -0.39 is 12.3 Å². The Morgan fingerprint density at radius 2 is 1.72 bits per heavy atom. The molecule has 1 unspecified atom stereocenters. The van der Waals surface area contributed by atoms with Crippen molar-refractivity contribution in [3.63, 3.8) is 0 Å². The summed E-state index contributed by atoms with van der Waals surface area (Å²) in [7, 11) is 0. The minimum Gasteiger partial charge on any atom is -0.379 e. The first-order chi connectivity index (χ1) is 11.9. The maximum atomic E-state index is 12.5. The normalized spacial score (nSPS) is 15.5. The minimum atomic E-state index is -4.68. The van der Waals surface area contributed by atoms with Gasteiger partial charge in [-0.2, -0.15) is 18.3 Å². The van der Waals surface area contributed by atoms with E-state index in [0.717, 1.165) is 16.6 Å². The van der Waals surface area contributed by atoms with Gasteiger partial charge >= 0.3 is 6.18 Å². The SMILES string of the molecule is OC(c1ccc([N+]2=NC(c3n[nH]c4ccccc34)=C2)cc1)C(F)(F)F. The number of hydrogen-bond donors (Lipinski definition) is 2. The number of nitrogens with one attached hydrogen (secondary N) is 1. The second-order valence-electron chi connectivity index (χ2n) is 5.61. The predicted octanol–water partition coefficient (Wildman–Crippen LogP) is 4.27. The van der Waals surface area contributed by atoms with Crippen LogP contribution in [0, 0.1) is 0 Å². The first kappa shape index (κ1) is 15.5. The van der Waals surface area contributed by atoms with Gasteiger partial charge in [-0.15, -0.1) is 0 Å². The highest BCUT2D eigenvalue weighted by atomic mass is 19.4. The van der Waals surface area contributed by atoms with Crippen LogP contribution in [0.5, 0.6) is 0 Å². The molecule has 0 radical (unpaired) electrons. The Morgan fingerprint density at radius 1 is 1.04 bits per heavy atom. The molecular weight excluding hydrogens is 333 g/mol. The molecule has 0 bridgehead atoms. The molecule has 0 aliphatic carbocycles. The zero-order chi connectivity index (χ0) is 17.6. The summed E-state index contributed by atoms with van der Waals surface area (Å²) in [5.41, 5.74) is 2.69. The van der Waals surface area contributed by atoms with Crippen LogP contribution in [0.1, 0.15) is 17.4 Å². The fraction of sp³-hybridized carbons (Fsp3) is 0.118. The Balaban J connectivity index is 1.55. The Hall–Kier alpha value is -3.00. The number of aliphatic hydroxyl groups is 1. The molecule has 126 valence electrons. The lowest BCUT2D eigenvalue weighted by atomic mass is 10.1. The van der Waals surface area contributed by atoms with Gasteiger partial charge in [-0.05, 0) is 28.5 Å². The smallest absolute Gasteiger partial charge is 0.379 e. The molecule has 0 spiro atoms. The number of alkyl halides is 3. The maximum absolute atomic E-state index is 12.5. The van der Waals surface area contributed by atoms with Gasteiger partial charge in [0.1, 0.15) is 5.69 Å². The zero-order valence-electron chi connectivity index (χ0n) is 12.7. The number of H-pyrrole nitrogens is 1. The molecule has 4 rings (SSSR count). The first-order valence-corrected chi connectivity index (χ1v) is 7.44. The molecule has 0 fully saturated rings. The van der Waals surface area contributed by atoms with Gasteiger partial charge in [0.2, 0.25) is 17.6 Å². The van der Waals surface area contributed by atoms with Crippen LogP contribution in [-0.2, 0) is 0 Å². The molecule has 1 aliphatic heterocycles. The van der Waals surface area contributed by atoms with Gasteiger partial charge in [-0.1, -0.05) is 18.2 Å². The minimum absolute atomic E-state index is 0.209. The lowest BCUT2D eigenvalue weighted by molar-refractivity contribution is -0.451. The van der Waals surface area contributed by atoms with E-state index in [2.05, 4.69) is 15.3 Å². The van der Waals surface area contributed by atoms with E-state index in [4.69, 9.17) is 0 Å². The number of azo groups is 2. The molecule has 0 saturated carbocycles. The Kier molecular flexibility index (Phi) is 3.43. The van der Waals surface area contributed by atoms with Gasteiger partial charge in [0.15, 0.2) is 6.10 Å². The molecule has 1 atom stereocenters. The van der Waals surface area contributed by atoms with Crippen molar-refractivity contribution in [2.24, 2.45) is 5.11 Å². The average molecular weight is 345 g/mol. The second-order valence-corrected chi connectivity index (χ2v) is 5.61. The van der Waals surface area contributed by atoms with Gasteiger partial charge in [0.25, 0.3) is 0 Å². The van der Waals surface area contributed by atoms with Crippen molar-refractivity contribution in [3.05, 3.63) is 66.0 Å². The average Bonchev–Trinajstić information content (AvgIpc) is 2.97. The molecule has 0 saturated heterocycles. The topological polar surface area (TPSA) is 64.3 Å². The summed E-state index contributed by atoms with van der Waals surface area (Å²) >= 11 is 0. The van der Waals surface area contributed by atoms with E-state index >= 15 is 0 Å². The van der Waals surface area contributed by atoms with Crippen molar-refractivity contribution in [2.75, 3.05) is 0 Å². The summed E-state index contributed by atoms with van der Waals surface area (Å²) in [6.07, 6.45) is -5.43. The quantitative estimate of drug-likeness (QED) is 0.697. The lowest BCUT2D eigenvalue weighted by Crippen LogP contribution is -2.20. The van der Waals surface area contributed by atoms with Crippen LogP contribution in [0.15, 0.2) is 59.8 Å². The third-order valence-corrected chi connectivity index (χ3v) is 3.96. The summed E-state index contributed by atoms with van der Waals surface area (Å²) in [4.78, 5) is 0. The Bertz CT molecular complexity index is 1000. The Morgan fingerprint density at radius 3 is 2.40 bits per heavy atom. The van der Waals surface area contributed by atoms with Crippen LogP contribution < -0.4 is 0 Å². The molecule has 25 heavy (non-hydrogen) atoms. The van der Waals surface area contributed by atoms with E-state index in [-0.39, 0.29) is 5.56 Å². The third-order valence-electron chi connectivity index (χ3n) is 3.96. The third kappa shape index (κ3) is 2.70. The van der Waals surface area contributed by atoms with Crippen molar-refractivity contribution in [1.82, 2.24) is 10.2 Å². The summed E-state index contributed by atoms with van der Waals surface area (Å²) in [6.45, 7) is 0. The second kappa shape index (κ2) is 5.52. The number of aliphatic hydroxyl groups excluding tert-OH is 1. The summed E-state index contributed by atoms with van der Waals surface area (Å²) in [5, 5.41) is 21.7. The molecule has 1 aromatic heterocycles. The van der Waals surface area contributed by atoms with E-state index in [0.29, 0.717) is 11.4 Å². The number of para-hydroxylation sites is 1. The van der Waals surface area contributed by atoms with Crippen molar-refractivity contribution in [1.29, 1.82) is 0 Å². The van der Waals surface area contributed by atoms with E-state index in [1.54, 1.807) is 10.9 Å². The molecule has 2 heterocycles. The van der Waals surface area contributed by atoms with Crippen molar-refractivity contribution in [2.45, 2.75) is 12.3 Å². The number of hydrogen-bond acceptors (Lipinski definition) is 3. The fourth-order valence-electron chi connectivity index (χ4n) is 2.63. The summed E-state index contributed by atoms with van der Waals surface area (Å²) in [6, 6.07) is 13.1. The van der Waals surface area contributed by atoms with E-state index in [9.17, 15) is 18.3 Å². The fourth-order valence-corrected chi connectivity index (χ4v) is 2.63. The van der Waals surface area contributed by atoms with Crippen molar-refractivity contribution < 1.29 is 23.0 Å². The van der Waals surface area contributed by atoms with Gasteiger partial charge in [0.05, 0.1) is 5.52 Å². The van der Waals surface area contributed by atoms with Crippen LogP contribution >= 0.6 is 0 Å². The first-order valence-electron chi connectivity index (χ1n) is 7.44. The summed E-state index contributed by atoms with van der Waals surface area (Å²) < 4.78 is 39.1. The highest BCUT2D eigenvalue weighted by molar-refractivity contribution is 5.90. The maximum Gasteiger partial charge on any atom is 0.418 e.